The van der Waals surface area contributed by atoms with E-state index in [1.165, 1.54) is 24.3 Å². The minimum atomic E-state index is -4.52. The monoisotopic (exact) mass is 466 g/mol. The second-order valence-corrected chi connectivity index (χ2v) is 8.18. The first kappa shape index (κ1) is 21.6. The van der Waals surface area contributed by atoms with Gasteiger partial charge in [0, 0.05) is 25.2 Å². The van der Waals surface area contributed by atoms with Crippen LogP contribution in [0.2, 0.25) is 0 Å². The Bertz CT molecular complexity index is 1160. The molecule has 5 rings (SSSR count). The second-order valence-electron chi connectivity index (χ2n) is 8.18. The van der Waals surface area contributed by atoms with E-state index in [1.54, 1.807) is 24.1 Å². The van der Waals surface area contributed by atoms with E-state index in [1.807, 2.05) is 0 Å². The number of hydrogen-bond acceptors (Lipinski definition) is 4. The zero-order chi connectivity index (χ0) is 23.6. The summed E-state index contributed by atoms with van der Waals surface area (Å²) in [6, 6.07) is 8.81. The number of rotatable bonds is 3. The van der Waals surface area contributed by atoms with Crippen molar-refractivity contribution in [3.8, 4) is 0 Å². The van der Waals surface area contributed by atoms with Crippen molar-refractivity contribution in [1.82, 2.24) is 9.78 Å². The van der Waals surface area contributed by atoms with Crippen molar-refractivity contribution in [3.05, 3.63) is 88.7 Å². The lowest BCUT2D eigenvalue weighted by atomic mass is 9.78. The summed E-state index contributed by atoms with van der Waals surface area (Å²) in [6.45, 7) is 0. The predicted octanol–water partition coefficient (Wildman–Crippen LogP) is 6.03. The lowest BCUT2D eigenvalue weighted by Crippen LogP contribution is -2.27. The summed E-state index contributed by atoms with van der Waals surface area (Å²) in [5, 5.41) is 12.8. The van der Waals surface area contributed by atoms with Crippen LogP contribution in [0.5, 0.6) is 0 Å². The fourth-order valence-electron chi connectivity index (χ4n) is 4.25. The molecule has 0 amide bonds. The SMILES string of the molecule is Cn1cc(C2OC23CC(c2ccc(C(F)(F)F)cc2)(c2ccc(C(F)(F)F)cc2)N=N3)cn1. The van der Waals surface area contributed by atoms with Gasteiger partial charge in [-0.1, -0.05) is 24.3 Å². The summed E-state index contributed by atoms with van der Waals surface area (Å²) < 4.78 is 85.9. The first-order chi connectivity index (χ1) is 15.4. The van der Waals surface area contributed by atoms with Gasteiger partial charge in [0.05, 0.1) is 17.3 Å². The molecule has 1 saturated heterocycles. The number of epoxide rings is 1. The van der Waals surface area contributed by atoms with Crippen molar-refractivity contribution >= 4 is 0 Å². The average Bonchev–Trinajstić information content (AvgIpc) is 3.07. The Balaban J connectivity index is 1.55. The molecule has 3 aromatic rings. The Morgan fingerprint density at radius 2 is 1.36 bits per heavy atom. The van der Waals surface area contributed by atoms with Gasteiger partial charge < -0.3 is 4.74 Å². The standard InChI is InChI=1S/C22H16F6N4O/c1-32-11-13(10-29-32)18-20(33-18)12-19(30-31-20,14-2-6-16(7-3-14)21(23,24)25)15-4-8-17(9-5-15)22(26,27)28/h2-11,18H,12H2,1H3. The zero-order valence-corrected chi connectivity index (χ0v) is 17.0. The van der Waals surface area contributed by atoms with Gasteiger partial charge in [-0.3, -0.25) is 4.68 Å². The van der Waals surface area contributed by atoms with Crippen LogP contribution in [0.3, 0.4) is 0 Å². The molecule has 33 heavy (non-hydrogen) atoms. The smallest absolute Gasteiger partial charge is 0.336 e. The Labute approximate surface area is 183 Å². The molecular weight excluding hydrogens is 450 g/mol. The highest BCUT2D eigenvalue weighted by molar-refractivity contribution is 5.44. The van der Waals surface area contributed by atoms with Gasteiger partial charge in [-0.05, 0) is 35.4 Å². The first-order valence-corrected chi connectivity index (χ1v) is 9.89. The Morgan fingerprint density at radius 1 is 0.848 bits per heavy atom. The molecule has 2 aliphatic rings. The van der Waals surface area contributed by atoms with Crippen LogP contribution in [0.25, 0.3) is 0 Å². The minimum absolute atomic E-state index is 0.121. The molecule has 3 heterocycles. The van der Waals surface area contributed by atoms with Crippen LogP contribution in [0.15, 0.2) is 71.2 Å². The molecule has 11 heteroatoms. The van der Waals surface area contributed by atoms with Gasteiger partial charge in [-0.15, -0.1) is 0 Å². The molecule has 2 atom stereocenters. The van der Waals surface area contributed by atoms with Crippen molar-refractivity contribution in [2.75, 3.05) is 0 Å². The van der Waals surface area contributed by atoms with E-state index >= 15 is 0 Å². The molecule has 0 radical (unpaired) electrons. The maximum atomic E-state index is 13.1. The molecular formula is C22H16F6N4O. The third kappa shape index (κ3) is 3.60. The van der Waals surface area contributed by atoms with Gasteiger partial charge in [-0.25, -0.2) is 0 Å². The summed E-state index contributed by atoms with van der Waals surface area (Å²) in [6.07, 6.45) is -6.01. The number of hydrogen-bond donors (Lipinski definition) is 0. The van der Waals surface area contributed by atoms with Gasteiger partial charge in [0.1, 0.15) is 11.6 Å². The molecule has 2 aromatic carbocycles. The molecule has 1 aromatic heterocycles. The van der Waals surface area contributed by atoms with Crippen molar-refractivity contribution in [2.24, 2.45) is 17.3 Å². The van der Waals surface area contributed by atoms with Crippen LogP contribution in [-0.4, -0.2) is 15.5 Å². The minimum Gasteiger partial charge on any atom is -0.336 e. The van der Waals surface area contributed by atoms with Crippen molar-refractivity contribution < 1.29 is 31.1 Å². The van der Waals surface area contributed by atoms with Crippen LogP contribution in [0, 0.1) is 0 Å². The largest absolute Gasteiger partial charge is 0.416 e. The first-order valence-electron chi connectivity index (χ1n) is 9.89. The van der Waals surface area contributed by atoms with E-state index < -0.39 is 40.8 Å². The number of aromatic nitrogens is 2. The van der Waals surface area contributed by atoms with Gasteiger partial charge >= 0.3 is 12.4 Å². The molecule has 0 saturated carbocycles. The van der Waals surface area contributed by atoms with Crippen LogP contribution < -0.4 is 0 Å². The second kappa shape index (κ2) is 6.89. The summed E-state index contributed by atoms with van der Waals surface area (Å²) in [4.78, 5) is 0. The van der Waals surface area contributed by atoms with Gasteiger partial charge in [0.15, 0.2) is 0 Å². The van der Waals surface area contributed by atoms with E-state index in [0.717, 1.165) is 29.8 Å². The number of azo groups is 1. The normalized spacial score (nSPS) is 23.9. The third-order valence-electron chi connectivity index (χ3n) is 5.98. The van der Waals surface area contributed by atoms with Crippen LogP contribution >= 0.6 is 0 Å². The molecule has 2 unspecified atom stereocenters. The summed E-state index contributed by atoms with van der Waals surface area (Å²) in [5.41, 5.74) is -2.54. The highest BCUT2D eigenvalue weighted by Crippen LogP contribution is 2.62. The number of ether oxygens (including phenoxy) is 1. The number of alkyl halides is 6. The van der Waals surface area contributed by atoms with Gasteiger partial charge in [0.25, 0.3) is 0 Å². The van der Waals surface area contributed by atoms with E-state index in [9.17, 15) is 26.3 Å². The summed E-state index contributed by atoms with van der Waals surface area (Å²) in [5.74, 6) is 0. The number of halogens is 6. The van der Waals surface area contributed by atoms with E-state index in [-0.39, 0.29) is 6.42 Å². The van der Waals surface area contributed by atoms with Crippen molar-refractivity contribution in [2.45, 2.75) is 36.1 Å². The van der Waals surface area contributed by atoms with E-state index in [0.29, 0.717) is 11.1 Å². The molecule has 5 nitrogen and oxygen atoms in total. The molecule has 0 bridgehead atoms. The number of benzene rings is 2. The lowest BCUT2D eigenvalue weighted by Gasteiger charge is -2.27. The number of aryl methyl sites for hydroxylation is 1. The highest BCUT2D eigenvalue weighted by atomic mass is 19.4. The highest BCUT2D eigenvalue weighted by Gasteiger charge is 2.66. The van der Waals surface area contributed by atoms with E-state index in [4.69, 9.17) is 4.74 Å². The van der Waals surface area contributed by atoms with Gasteiger partial charge in [-0.2, -0.15) is 41.7 Å². The fourth-order valence-corrected chi connectivity index (χ4v) is 4.25. The zero-order valence-electron chi connectivity index (χ0n) is 17.0. The Kier molecular flexibility index (Phi) is 4.52. The molecule has 1 fully saturated rings. The number of nitrogens with zero attached hydrogens (tertiary/aromatic N) is 4. The Morgan fingerprint density at radius 3 is 1.79 bits per heavy atom. The molecule has 1 spiro atoms. The topological polar surface area (TPSA) is 55.1 Å². The van der Waals surface area contributed by atoms with Crippen LogP contribution in [-0.2, 0) is 29.7 Å². The van der Waals surface area contributed by atoms with Crippen LogP contribution in [0.4, 0.5) is 26.3 Å². The lowest BCUT2D eigenvalue weighted by molar-refractivity contribution is -0.138. The maximum Gasteiger partial charge on any atom is 0.416 e. The average molecular weight is 466 g/mol. The predicted molar refractivity (Wildman–Crippen MR) is 103 cm³/mol. The van der Waals surface area contributed by atoms with Gasteiger partial charge in [0.2, 0.25) is 5.72 Å². The molecule has 172 valence electrons. The van der Waals surface area contributed by atoms with Crippen molar-refractivity contribution in [3.63, 3.8) is 0 Å². The summed E-state index contributed by atoms with van der Waals surface area (Å²) >= 11 is 0. The Hall–Kier alpha value is -3.21. The maximum absolute atomic E-state index is 13.1. The van der Waals surface area contributed by atoms with Crippen molar-refractivity contribution in [1.29, 1.82) is 0 Å². The molecule has 2 aliphatic heterocycles. The third-order valence-corrected chi connectivity index (χ3v) is 5.98. The quantitative estimate of drug-likeness (QED) is 0.350. The summed E-state index contributed by atoms with van der Waals surface area (Å²) in [7, 11) is 1.74. The van der Waals surface area contributed by atoms with E-state index in [2.05, 4.69) is 15.3 Å². The molecule has 0 aliphatic carbocycles. The fraction of sp³-hybridized carbons (Fsp3) is 0.318. The molecule has 0 N–H and O–H groups in total. The van der Waals surface area contributed by atoms with Crippen LogP contribution in [0.1, 0.15) is 40.3 Å².